The Morgan fingerprint density at radius 1 is 1.06 bits per heavy atom. The summed E-state index contributed by atoms with van der Waals surface area (Å²) >= 11 is 7.48. The van der Waals surface area contributed by atoms with Crippen LogP contribution in [0.25, 0.3) is 17.1 Å². The molecule has 4 rings (SSSR count). The van der Waals surface area contributed by atoms with Crippen molar-refractivity contribution in [2.24, 2.45) is 5.73 Å². The van der Waals surface area contributed by atoms with Crippen LogP contribution in [0.2, 0.25) is 5.02 Å². The number of nitrogens with two attached hydrogens (primary N) is 1. The van der Waals surface area contributed by atoms with E-state index in [1.165, 1.54) is 11.8 Å². The molecule has 0 saturated heterocycles. The summed E-state index contributed by atoms with van der Waals surface area (Å²) in [5, 5.41) is 9.33. The van der Waals surface area contributed by atoms with Gasteiger partial charge in [0.15, 0.2) is 11.0 Å². The molecule has 0 spiro atoms. The van der Waals surface area contributed by atoms with Gasteiger partial charge in [0.25, 0.3) is 0 Å². The standard InChI is InChI=1S/C24H21ClN4O2S/c1-2-31-20-13-11-19(12-14-20)29-23(17-9-6-10-18(25)15-17)27-28-24(29)32-21(22(26)30)16-7-4-3-5-8-16/h3-15,21H,2H2,1H3,(H2,26,30). The van der Waals surface area contributed by atoms with Crippen molar-refractivity contribution in [3.05, 3.63) is 89.4 Å². The number of halogens is 1. The number of aromatic nitrogens is 3. The highest BCUT2D eigenvalue weighted by molar-refractivity contribution is 8.00. The van der Waals surface area contributed by atoms with Gasteiger partial charge in [-0.05, 0) is 48.9 Å². The molecule has 0 radical (unpaired) electrons. The van der Waals surface area contributed by atoms with Crippen LogP contribution in [0, 0.1) is 0 Å². The number of benzene rings is 3. The Kier molecular flexibility index (Phi) is 6.78. The van der Waals surface area contributed by atoms with Crippen LogP contribution in [0.4, 0.5) is 0 Å². The molecular weight excluding hydrogens is 444 g/mol. The quantitative estimate of drug-likeness (QED) is 0.357. The number of amides is 1. The fourth-order valence-corrected chi connectivity index (χ4v) is 4.47. The van der Waals surface area contributed by atoms with E-state index in [4.69, 9.17) is 22.1 Å². The van der Waals surface area contributed by atoms with Gasteiger partial charge in [0.05, 0.1) is 6.61 Å². The first-order chi connectivity index (χ1) is 15.6. The van der Waals surface area contributed by atoms with Crippen molar-refractivity contribution < 1.29 is 9.53 Å². The summed E-state index contributed by atoms with van der Waals surface area (Å²) in [6.07, 6.45) is 0. The Morgan fingerprint density at radius 3 is 2.47 bits per heavy atom. The Bertz CT molecular complexity index is 1210. The number of hydrogen-bond donors (Lipinski definition) is 1. The fourth-order valence-electron chi connectivity index (χ4n) is 3.28. The topological polar surface area (TPSA) is 83.0 Å². The van der Waals surface area contributed by atoms with Gasteiger partial charge in [-0.3, -0.25) is 9.36 Å². The lowest BCUT2D eigenvalue weighted by Gasteiger charge is -2.15. The number of carbonyl (C=O) groups is 1. The number of thioether (sulfide) groups is 1. The zero-order valence-electron chi connectivity index (χ0n) is 17.3. The van der Waals surface area contributed by atoms with Crippen LogP contribution in [-0.4, -0.2) is 27.3 Å². The molecule has 1 aromatic heterocycles. The smallest absolute Gasteiger partial charge is 0.235 e. The predicted octanol–water partition coefficient (Wildman–Crippen LogP) is 5.31. The largest absolute Gasteiger partial charge is 0.494 e. The lowest BCUT2D eigenvalue weighted by atomic mass is 10.1. The van der Waals surface area contributed by atoms with Crippen LogP contribution < -0.4 is 10.5 Å². The van der Waals surface area contributed by atoms with E-state index in [-0.39, 0.29) is 0 Å². The highest BCUT2D eigenvalue weighted by atomic mass is 35.5. The lowest BCUT2D eigenvalue weighted by molar-refractivity contribution is -0.117. The molecule has 1 heterocycles. The van der Waals surface area contributed by atoms with Gasteiger partial charge in [0.1, 0.15) is 11.0 Å². The minimum atomic E-state index is -0.617. The summed E-state index contributed by atoms with van der Waals surface area (Å²) in [4.78, 5) is 12.3. The number of nitrogens with zero attached hydrogens (tertiary/aromatic N) is 3. The van der Waals surface area contributed by atoms with E-state index >= 15 is 0 Å². The van der Waals surface area contributed by atoms with Gasteiger partial charge in [-0.2, -0.15) is 0 Å². The molecule has 0 fully saturated rings. The Hall–Kier alpha value is -3.29. The zero-order chi connectivity index (χ0) is 22.5. The van der Waals surface area contributed by atoms with Gasteiger partial charge >= 0.3 is 0 Å². The molecule has 0 aliphatic carbocycles. The molecule has 162 valence electrons. The van der Waals surface area contributed by atoms with E-state index in [9.17, 15) is 4.79 Å². The second-order valence-electron chi connectivity index (χ2n) is 6.89. The first kappa shape index (κ1) is 21.9. The van der Waals surface area contributed by atoms with Crippen LogP contribution in [0.3, 0.4) is 0 Å². The lowest BCUT2D eigenvalue weighted by Crippen LogP contribution is -2.19. The molecule has 1 amide bonds. The maximum atomic E-state index is 12.3. The number of ether oxygens (including phenoxy) is 1. The van der Waals surface area contributed by atoms with E-state index in [1.807, 2.05) is 84.3 Å². The van der Waals surface area contributed by atoms with Crippen molar-refractivity contribution in [1.29, 1.82) is 0 Å². The molecule has 0 saturated carbocycles. The number of rotatable bonds is 8. The van der Waals surface area contributed by atoms with Crippen molar-refractivity contribution in [3.63, 3.8) is 0 Å². The van der Waals surface area contributed by atoms with Crippen LogP contribution in [0.5, 0.6) is 5.75 Å². The summed E-state index contributed by atoms with van der Waals surface area (Å²) in [6.45, 7) is 2.52. The number of hydrogen-bond acceptors (Lipinski definition) is 5. The first-order valence-electron chi connectivity index (χ1n) is 10.0. The van der Waals surface area contributed by atoms with E-state index in [0.29, 0.717) is 22.6 Å². The summed E-state index contributed by atoms with van der Waals surface area (Å²) < 4.78 is 7.46. The SMILES string of the molecule is CCOc1ccc(-n2c(SC(C(N)=O)c3ccccc3)nnc2-c2cccc(Cl)c2)cc1. The first-order valence-corrected chi connectivity index (χ1v) is 11.3. The van der Waals surface area contributed by atoms with Gasteiger partial charge < -0.3 is 10.5 Å². The van der Waals surface area contributed by atoms with Gasteiger partial charge in [-0.25, -0.2) is 0 Å². The third kappa shape index (κ3) is 4.79. The average Bonchev–Trinajstić information content (AvgIpc) is 3.22. The van der Waals surface area contributed by atoms with Gasteiger partial charge in [0.2, 0.25) is 5.91 Å². The van der Waals surface area contributed by atoms with Crippen molar-refractivity contribution >= 4 is 29.3 Å². The van der Waals surface area contributed by atoms with Crippen LogP contribution in [0.1, 0.15) is 17.7 Å². The second kappa shape index (κ2) is 9.89. The van der Waals surface area contributed by atoms with Crippen LogP contribution in [-0.2, 0) is 4.79 Å². The minimum Gasteiger partial charge on any atom is -0.494 e. The van der Waals surface area contributed by atoms with E-state index in [0.717, 1.165) is 22.6 Å². The Morgan fingerprint density at radius 2 is 1.81 bits per heavy atom. The van der Waals surface area contributed by atoms with Crippen molar-refractivity contribution in [3.8, 4) is 22.8 Å². The second-order valence-corrected chi connectivity index (χ2v) is 8.40. The fraction of sp³-hybridized carbons (Fsp3) is 0.125. The summed E-state index contributed by atoms with van der Waals surface area (Å²) in [5.74, 6) is 0.921. The van der Waals surface area contributed by atoms with E-state index in [2.05, 4.69) is 10.2 Å². The summed E-state index contributed by atoms with van der Waals surface area (Å²) in [5.41, 5.74) is 8.18. The molecule has 4 aromatic rings. The molecule has 32 heavy (non-hydrogen) atoms. The third-order valence-corrected chi connectivity index (χ3v) is 6.16. The molecule has 0 bridgehead atoms. The summed E-state index contributed by atoms with van der Waals surface area (Å²) in [6, 6.07) is 24.4. The molecule has 6 nitrogen and oxygen atoms in total. The van der Waals surface area contributed by atoms with Gasteiger partial charge in [0, 0.05) is 16.3 Å². The van der Waals surface area contributed by atoms with E-state index < -0.39 is 11.2 Å². The predicted molar refractivity (Wildman–Crippen MR) is 127 cm³/mol. The van der Waals surface area contributed by atoms with Crippen molar-refractivity contribution in [1.82, 2.24) is 14.8 Å². The molecular formula is C24H21ClN4O2S. The molecule has 8 heteroatoms. The molecule has 3 aromatic carbocycles. The van der Waals surface area contributed by atoms with E-state index in [1.54, 1.807) is 6.07 Å². The molecule has 0 aliphatic heterocycles. The average molecular weight is 465 g/mol. The van der Waals surface area contributed by atoms with Crippen molar-refractivity contribution in [2.75, 3.05) is 6.61 Å². The number of carbonyl (C=O) groups excluding carboxylic acids is 1. The normalized spacial score (nSPS) is 11.8. The molecule has 2 N–H and O–H groups in total. The van der Waals surface area contributed by atoms with Crippen LogP contribution in [0.15, 0.2) is 84.0 Å². The van der Waals surface area contributed by atoms with Crippen molar-refractivity contribution in [2.45, 2.75) is 17.3 Å². The molecule has 1 unspecified atom stereocenters. The maximum Gasteiger partial charge on any atom is 0.235 e. The highest BCUT2D eigenvalue weighted by Crippen LogP contribution is 2.37. The highest BCUT2D eigenvalue weighted by Gasteiger charge is 2.25. The molecule has 1 atom stereocenters. The molecule has 0 aliphatic rings. The van der Waals surface area contributed by atoms with Gasteiger partial charge in [-0.1, -0.05) is 65.8 Å². The monoisotopic (exact) mass is 464 g/mol. The Labute approximate surface area is 195 Å². The minimum absolute atomic E-state index is 0.452. The Balaban J connectivity index is 1.81. The van der Waals surface area contributed by atoms with Crippen LogP contribution >= 0.6 is 23.4 Å². The van der Waals surface area contributed by atoms with Gasteiger partial charge in [-0.15, -0.1) is 10.2 Å². The number of primary amides is 1. The summed E-state index contributed by atoms with van der Waals surface area (Å²) in [7, 11) is 0. The zero-order valence-corrected chi connectivity index (χ0v) is 18.9. The maximum absolute atomic E-state index is 12.3. The third-order valence-electron chi connectivity index (χ3n) is 4.71.